The van der Waals surface area contributed by atoms with E-state index in [-0.39, 0.29) is 11.8 Å². The predicted molar refractivity (Wildman–Crippen MR) is 124 cm³/mol. The number of carbonyl (C=O) groups is 3. The minimum atomic E-state index is -0.557. The number of unbranched alkanes of at least 4 members (excludes halogenated alkanes) is 1. The van der Waals surface area contributed by atoms with Gasteiger partial charge in [-0.1, -0.05) is 12.1 Å². The Morgan fingerprint density at radius 3 is 2.12 bits per heavy atom. The van der Waals surface area contributed by atoms with Crippen LogP contribution in [0, 0.1) is 0 Å². The first kappa shape index (κ1) is 25.2. The largest absolute Gasteiger partial charge is 0.444 e. The Balaban J connectivity index is 1.70. The molecule has 176 valence electrons. The second kappa shape index (κ2) is 10.5. The first-order chi connectivity index (χ1) is 14.9. The van der Waals surface area contributed by atoms with Crippen LogP contribution >= 0.6 is 0 Å². The number of aliphatic imine (C=N–C) groups is 1. The van der Waals surface area contributed by atoms with Crippen molar-refractivity contribution >= 4 is 23.9 Å². The fourth-order valence-corrected chi connectivity index (χ4v) is 3.19. The van der Waals surface area contributed by atoms with E-state index in [1.807, 2.05) is 34.6 Å². The number of amides is 3. The van der Waals surface area contributed by atoms with Crippen molar-refractivity contribution in [2.45, 2.75) is 58.6 Å². The molecule has 0 fully saturated rings. The highest BCUT2D eigenvalue weighted by Crippen LogP contribution is 2.22. The number of guanidine groups is 1. The summed E-state index contributed by atoms with van der Waals surface area (Å²) >= 11 is 0. The molecule has 9 nitrogen and oxygen atoms in total. The van der Waals surface area contributed by atoms with Crippen LogP contribution in [0.3, 0.4) is 0 Å². The fraction of sp³-hybridized carbons (Fsp3) is 0.565. The van der Waals surface area contributed by atoms with Gasteiger partial charge in [-0.25, -0.2) is 4.79 Å². The maximum Gasteiger partial charge on any atom is 0.408 e. The Bertz CT molecular complexity index is 838. The van der Waals surface area contributed by atoms with Crippen molar-refractivity contribution in [1.29, 1.82) is 0 Å². The number of benzene rings is 1. The van der Waals surface area contributed by atoms with Gasteiger partial charge in [0.1, 0.15) is 5.60 Å². The first-order valence-corrected chi connectivity index (χ1v) is 10.8. The average molecular weight is 446 g/mol. The molecular formula is C23H35N5O4. The van der Waals surface area contributed by atoms with Crippen LogP contribution in [-0.2, 0) is 4.74 Å². The van der Waals surface area contributed by atoms with E-state index in [9.17, 15) is 14.4 Å². The monoisotopic (exact) mass is 445 g/mol. The molecule has 1 aromatic rings. The van der Waals surface area contributed by atoms with Crippen molar-refractivity contribution < 1.29 is 19.1 Å². The summed E-state index contributed by atoms with van der Waals surface area (Å²) in [4.78, 5) is 42.3. The van der Waals surface area contributed by atoms with Gasteiger partial charge < -0.3 is 20.7 Å². The van der Waals surface area contributed by atoms with E-state index in [0.717, 1.165) is 6.42 Å². The van der Waals surface area contributed by atoms with Crippen LogP contribution in [0.4, 0.5) is 4.79 Å². The van der Waals surface area contributed by atoms with Crippen LogP contribution in [-0.4, -0.2) is 66.6 Å². The summed E-state index contributed by atoms with van der Waals surface area (Å²) in [5.41, 5.74) is -0.158. The molecule has 2 rings (SSSR count). The van der Waals surface area contributed by atoms with Gasteiger partial charge in [-0.05, 0) is 59.6 Å². The molecule has 9 heteroatoms. The number of alkyl carbamates (subject to hydrolysis) is 1. The lowest BCUT2D eigenvalue weighted by atomic mass is 10.1. The van der Waals surface area contributed by atoms with E-state index in [1.54, 1.807) is 31.3 Å². The number of nitrogens with zero attached hydrogens (tertiary/aromatic N) is 2. The van der Waals surface area contributed by atoms with Gasteiger partial charge in [0.25, 0.3) is 11.8 Å². The molecule has 0 saturated heterocycles. The number of ether oxygens (including phenoxy) is 1. The fourth-order valence-electron chi connectivity index (χ4n) is 3.19. The summed E-state index contributed by atoms with van der Waals surface area (Å²) in [6.45, 7) is 10.7. The van der Waals surface area contributed by atoms with E-state index >= 15 is 0 Å². The number of hydrogen-bond donors (Lipinski definition) is 3. The van der Waals surface area contributed by atoms with Crippen LogP contribution in [0.1, 0.15) is 68.2 Å². The standard InChI is InChI=1S/C23H35N5O4/c1-22(2,3)32-21(31)27-23(4,5)15-26-20(24-6)25-13-9-10-14-28-18(29)16-11-7-8-12-17(16)19(28)30/h7-8,11-12H,9-10,13-15H2,1-6H3,(H,27,31)(H2,24,25,26). The highest BCUT2D eigenvalue weighted by molar-refractivity contribution is 6.21. The van der Waals surface area contributed by atoms with Gasteiger partial charge >= 0.3 is 6.09 Å². The van der Waals surface area contributed by atoms with Gasteiger partial charge in [-0.2, -0.15) is 0 Å². The molecule has 0 bridgehead atoms. The topological polar surface area (TPSA) is 112 Å². The van der Waals surface area contributed by atoms with Gasteiger partial charge in [0, 0.05) is 26.7 Å². The van der Waals surface area contributed by atoms with E-state index in [4.69, 9.17) is 4.74 Å². The molecule has 0 radical (unpaired) electrons. The third-order valence-electron chi connectivity index (χ3n) is 4.74. The second-order valence-electron chi connectivity index (χ2n) is 9.38. The highest BCUT2D eigenvalue weighted by atomic mass is 16.6. The maximum absolute atomic E-state index is 12.4. The molecular weight excluding hydrogens is 410 g/mol. The van der Waals surface area contributed by atoms with Crippen LogP contribution in [0.5, 0.6) is 0 Å². The number of carbonyl (C=O) groups excluding carboxylic acids is 3. The lowest BCUT2D eigenvalue weighted by Crippen LogP contribution is -2.54. The number of imide groups is 1. The average Bonchev–Trinajstić information content (AvgIpc) is 2.93. The van der Waals surface area contributed by atoms with Gasteiger partial charge in [0.05, 0.1) is 16.7 Å². The minimum Gasteiger partial charge on any atom is -0.444 e. The molecule has 0 unspecified atom stereocenters. The molecule has 1 heterocycles. The second-order valence-corrected chi connectivity index (χ2v) is 9.38. The number of nitrogens with one attached hydrogen (secondary N) is 3. The summed E-state index contributed by atoms with van der Waals surface area (Å²) < 4.78 is 5.30. The summed E-state index contributed by atoms with van der Waals surface area (Å²) in [6.07, 6.45) is 0.967. The Kier molecular flexibility index (Phi) is 8.24. The van der Waals surface area contributed by atoms with Crippen molar-refractivity contribution in [2.24, 2.45) is 4.99 Å². The molecule has 0 spiro atoms. The molecule has 1 aliphatic heterocycles. The lowest BCUT2D eigenvalue weighted by Gasteiger charge is -2.29. The molecule has 0 atom stereocenters. The van der Waals surface area contributed by atoms with Gasteiger partial charge in [0.2, 0.25) is 0 Å². The molecule has 0 aromatic heterocycles. The van der Waals surface area contributed by atoms with E-state index in [2.05, 4.69) is 20.9 Å². The predicted octanol–water partition coefficient (Wildman–Crippen LogP) is 2.53. The molecule has 0 aliphatic carbocycles. The van der Waals surface area contributed by atoms with Crippen LogP contribution in [0.2, 0.25) is 0 Å². The zero-order valence-corrected chi connectivity index (χ0v) is 19.9. The van der Waals surface area contributed by atoms with Crippen molar-refractivity contribution in [1.82, 2.24) is 20.9 Å². The number of hydrogen-bond acceptors (Lipinski definition) is 5. The third-order valence-corrected chi connectivity index (χ3v) is 4.74. The molecule has 3 amide bonds. The molecule has 1 aliphatic rings. The summed E-state index contributed by atoms with van der Waals surface area (Å²) in [5.74, 6) is 0.149. The van der Waals surface area contributed by atoms with Gasteiger partial charge in [-0.15, -0.1) is 0 Å². The van der Waals surface area contributed by atoms with Crippen molar-refractivity contribution in [3.8, 4) is 0 Å². The molecule has 0 saturated carbocycles. The zero-order chi connectivity index (χ0) is 23.9. The van der Waals surface area contributed by atoms with Gasteiger partial charge in [0.15, 0.2) is 5.96 Å². The summed E-state index contributed by atoms with van der Waals surface area (Å²) in [6, 6.07) is 6.90. The number of rotatable bonds is 8. The van der Waals surface area contributed by atoms with E-state index in [1.165, 1.54) is 4.90 Å². The lowest BCUT2D eigenvalue weighted by molar-refractivity contribution is 0.0473. The quantitative estimate of drug-likeness (QED) is 0.245. The van der Waals surface area contributed by atoms with Gasteiger partial charge in [-0.3, -0.25) is 19.5 Å². The smallest absolute Gasteiger partial charge is 0.408 e. The normalized spacial score (nSPS) is 14.3. The summed E-state index contributed by atoms with van der Waals surface area (Å²) in [5, 5.41) is 9.23. The van der Waals surface area contributed by atoms with Crippen molar-refractivity contribution in [2.75, 3.05) is 26.7 Å². The Hall–Kier alpha value is -3.10. The van der Waals surface area contributed by atoms with Crippen LogP contribution in [0.25, 0.3) is 0 Å². The highest BCUT2D eigenvalue weighted by Gasteiger charge is 2.34. The minimum absolute atomic E-state index is 0.226. The maximum atomic E-state index is 12.4. The van der Waals surface area contributed by atoms with Crippen molar-refractivity contribution in [3.05, 3.63) is 35.4 Å². The molecule has 1 aromatic carbocycles. The number of fused-ring (bicyclic) bond motifs is 1. The SMILES string of the molecule is CN=C(NCCCCN1C(=O)c2ccccc2C1=O)NCC(C)(C)NC(=O)OC(C)(C)C. The Morgan fingerprint density at radius 2 is 1.59 bits per heavy atom. The summed E-state index contributed by atoms with van der Waals surface area (Å²) in [7, 11) is 1.67. The zero-order valence-electron chi connectivity index (χ0n) is 19.9. The van der Waals surface area contributed by atoms with E-state index < -0.39 is 17.2 Å². The van der Waals surface area contributed by atoms with Crippen molar-refractivity contribution in [3.63, 3.8) is 0 Å². The third kappa shape index (κ3) is 7.25. The molecule has 32 heavy (non-hydrogen) atoms. The Labute approximate surface area is 190 Å². The first-order valence-electron chi connectivity index (χ1n) is 10.8. The van der Waals surface area contributed by atoms with E-state index in [0.29, 0.717) is 43.1 Å². The van der Waals surface area contributed by atoms with Crippen LogP contribution in [0.15, 0.2) is 29.3 Å². The molecule has 3 N–H and O–H groups in total. The van der Waals surface area contributed by atoms with Crippen LogP contribution < -0.4 is 16.0 Å². The Morgan fingerprint density at radius 1 is 1.00 bits per heavy atom.